The van der Waals surface area contributed by atoms with Crippen LogP contribution in [-0.4, -0.2) is 23.7 Å². The Morgan fingerprint density at radius 3 is 3.08 bits per heavy atom. The Bertz CT molecular complexity index is 287. The third kappa shape index (κ3) is 2.00. The summed E-state index contributed by atoms with van der Waals surface area (Å²) >= 11 is 1.66. The number of thiazole rings is 1. The van der Waals surface area contributed by atoms with Crippen molar-refractivity contribution in [3.05, 3.63) is 11.1 Å². The maximum atomic E-state index is 5.46. The van der Waals surface area contributed by atoms with Gasteiger partial charge in [-0.05, 0) is 20.3 Å². The summed E-state index contributed by atoms with van der Waals surface area (Å²) in [7, 11) is 0. The van der Waals surface area contributed by atoms with Gasteiger partial charge in [-0.15, -0.1) is 11.3 Å². The predicted molar refractivity (Wildman–Crippen MR) is 54.3 cm³/mol. The number of nitrogens with one attached hydrogen (secondary N) is 1. The van der Waals surface area contributed by atoms with Crippen LogP contribution in [0.2, 0.25) is 0 Å². The number of hydrogen-bond acceptors (Lipinski definition) is 4. The molecule has 3 nitrogen and oxygen atoms in total. The van der Waals surface area contributed by atoms with Crippen molar-refractivity contribution in [3.8, 4) is 0 Å². The molecule has 1 fully saturated rings. The number of aryl methyl sites for hydroxylation is 1. The molecule has 1 aliphatic rings. The largest absolute Gasteiger partial charge is 0.376 e. The van der Waals surface area contributed by atoms with E-state index in [0.29, 0.717) is 12.1 Å². The van der Waals surface area contributed by atoms with E-state index in [1.54, 1.807) is 11.3 Å². The highest BCUT2D eigenvalue weighted by molar-refractivity contribution is 7.13. The van der Waals surface area contributed by atoms with E-state index in [1.807, 2.05) is 6.92 Å². The quantitative estimate of drug-likeness (QED) is 0.789. The molecule has 0 spiro atoms. The molecule has 2 unspecified atom stereocenters. The standard InChI is InChI=1S/C9H14N2OS/c1-6-5-13-9(10-6)11-8-3-4-12-7(8)2/h5,7-8H,3-4H2,1-2H3,(H,10,11). The minimum Gasteiger partial charge on any atom is -0.376 e. The molecule has 0 saturated carbocycles. The second kappa shape index (κ2) is 3.64. The van der Waals surface area contributed by atoms with E-state index in [2.05, 4.69) is 22.6 Å². The topological polar surface area (TPSA) is 34.1 Å². The summed E-state index contributed by atoms with van der Waals surface area (Å²) in [5.41, 5.74) is 1.08. The van der Waals surface area contributed by atoms with Crippen LogP contribution >= 0.6 is 11.3 Å². The maximum absolute atomic E-state index is 5.46. The van der Waals surface area contributed by atoms with E-state index in [-0.39, 0.29) is 0 Å². The van der Waals surface area contributed by atoms with E-state index in [4.69, 9.17) is 4.74 Å². The van der Waals surface area contributed by atoms with Crippen molar-refractivity contribution >= 4 is 16.5 Å². The van der Waals surface area contributed by atoms with Crippen molar-refractivity contribution in [3.63, 3.8) is 0 Å². The van der Waals surface area contributed by atoms with Gasteiger partial charge >= 0.3 is 0 Å². The first kappa shape index (κ1) is 8.97. The second-order valence-corrected chi connectivity index (χ2v) is 4.27. The van der Waals surface area contributed by atoms with E-state index in [1.165, 1.54) is 0 Å². The summed E-state index contributed by atoms with van der Waals surface area (Å²) in [5.74, 6) is 0. The van der Waals surface area contributed by atoms with Crippen LogP contribution in [0.3, 0.4) is 0 Å². The fourth-order valence-corrected chi connectivity index (χ4v) is 2.25. The van der Waals surface area contributed by atoms with Gasteiger partial charge in [0.2, 0.25) is 0 Å². The third-order valence-corrected chi connectivity index (χ3v) is 3.20. The van der Waals surface area contributed by atoms with Crippen LogP contribution in [0.1, 0.15) is 19.0 Å². The van der Waals surface area contributed by atoms with Gasteiger partial charge in [0.25, 0.3) is 0 Å². The Kier molecular flexibility index (Phi) is 2.51. The third-order valence-electron chi connectivity index (χ3n) is 2.30. The van der Waals surface area contributed by atoms with Gasteiger partial charge in [-0.25, -0.2) is 4.98 Å². The second-order valence-electron chi connectivity index (χ2n) is 3.41. The first-order valence-electron chi connectivity index (χ1n) is 4.56. The molecule has 0 bridgehead atoms. The fourth-order valence-electron chi connectivity index (χ4n) is 1.50. The van der Waals surface area contributed by atoms with Gasteiger partial charge in [0, 0.05) is 12.0 Å². The lowest BCUT2D eigenvalue weighted by Crippen LogP contribution is -2.26. The lowest BCUT2D eigenvalue weighted by molar-refractivity contribution is 0.121. The monoisotopic (exact) mass is 198 g/mol. The Morgan fingerprint density at radius 2 is 2.54 bits per heavy atom. The molecule has 0 radical (unpaired) electrons. The average molecular weight is 198 g/mol. The molecule has 2 heterocycles. The Morgan fingerprint density at radius 1 is 1.69 bits per heavy atom. The van der Waals surface area contributed by atoms with Crippen molar-refractivity contribution in [1.29, 1.82) is 0 Å². The molecule has 2 rings (SSSR count). The molecule has 1 aromatic rings. The molecular weight excluding hydrogens is 184 g/mol. The van der Waals surface area contributed by atoms with Crippen LogP contribution in [0.15, 0.2) is 5.38 Å². The molecule has 0 aliphatic carbocycles. The average Bonchev–Trinajstić information content (AvgIpc) is 2.64. The predicted octanol–water partition coefficient (Wildman–Crippen LogP) is 2.04. The lowest BCUT2D eigenvalue weighted by atomic mass is 10.2. The van der Waals surface area contributed by atoms with Gasteiger partial charge < -0.3 is 10.1 Å². The SMILES string of the molecule is Cc1csc(NC2CCOC2C)n1. The summed E-state index contributed by atoms with van der Waals surface area (Å²) < 4.78 is 5.46. The number of rotatable bonds is 2. The molecule has 0 amide bonds. The molecule has 72 valence electrons. The number of ether oxygens (including phenoxy) is 1. The van der Waals surface area contributed by atoms with Crippen LogP contribution in [0.25, 0.3) is 0 Å². The zero-order valence-electron chi connectivity index (χ0n) is 7.91. The van der Waals surface area contributed by atoms with Gasteiger partial charge in [0.1, 0.15) is 0 Å². The molecule has 1 aromatic heterocycles. The van der Waals surface area contributed by atoms with Crippen LogP contribution in [0.4, 0.5) is 5.13 Å². The summed E-state index contributed by atoms with van der Waals surface area (Å²) in [6.45, 7) is 4.98. The summed E-state index contributed by atoms with van der Waals surface area (Å²) in [4.78, 5) is 4.36. The van der Waals surface area contributed by atoms with Gasteiger partial charge in [-0.1, -0.05) is 0 Å². The molecule has 1 N–H and O–H groups in total. The summed E-state index contributed by atoms with van der Waals surface area (Å²) in [5, 5.41) is 6.47. The smallest absolute Gasteiger partial charge is 0.183 e. The van der Waals surface area contributed by atoms with Crippen molar-refractivity contribution in [2.24, 2.45) is 0 Å². The van der Waals surface area contributed by atoms with E-state index < -0.39 is 0 Å². The van der Waals surface area contributed by atoms with Crippen molar-refractivity contribution in [1.82, 2.24) is 4.98 Å². The van der Waals surface area contributed by atoms with Crippen molar-refractivity contribution in [2.45, 2.75) is 32.4 Å². The Hall–Kier alpha value is -0.610. The maximum Gasteiger partial charge on any atom is 0.183 e. The highest BCUT2D eigenvalue weighted by Crippen LogP contribution is 2.21. The van der Waals surface area contributed by atoms with Gasteiger partial charge in [-0.3, -0.25) is 0 Å². The van der Waals surface area contributed by atoms with E-state index >= 15 is 0 Å². The van der Waals surface area contributed by atoms with Gasteiger partial charge in [0.05, 0.1) is 17.8 Å². The highest BCUT2D eigenvalue weighted by atomic mass is 32.1. The van der Waals surface area contributed by atoms with Crippen LogP contribution in [0.5, 0.6) is 0 Å². The lowest BCUT2D eigenvalue weighted by Gasteiger charge is -2.14. The zero-order chi connectivity index (χ0) is 9.26. The fraction of sp³-hybridized carbons (Fsp3) is 0.667. The van der Waals surface area contributed by atoms with Gasteiger partial charge in [-0.2, -0.15) is 0 Å². The molecule has 0 aromatic carbocycles. The summed E-state index contributed by atoms with van der Waals surface area (Å²) in [6.07, 6.45) is 1.39. The van der Waals surface area contributed by atoms with E-state index in [0.717, 1.165) is 23.9 Å². The number of hydrogen-bond donors (Lipinski definition) is 1. The summed E-state index contributed by atoms with van der Waals surface area (Å²) in [6, 6.07) is 0.436. The van der Waals surface area contributed by atoms with E-state index in [9.17, 15) is 0 Å². The first-order valence-corrected chi connectivity index (χ1v) is 5.44. The normalized spacial score (nSPS) is 27.8. The Balaban J connectivity index is 1.97. The molecular formula is C9H14N2OS. The molecule has 13 heavy (non-hydrogen) atoms. The van der Waals surface area contributed by atoms with Crippen molar-refractivity contribution in [2.75, 3.05) is 11.9 Å². The first-order chi connectivity index (χ1) is 6.25. The molecule has 1 aliphatic heterocycles. The highest BCUT2D eigenvalue weighted by Gasteiger charge is 2.24. The van der Waals surface area contributed by atoms with Gasteiger partial charge in [0.15, 0.2) is 5.13 Å². The minimum absolute atomic E-state index is 0.309. The number of anilines is 1. The molecule has 4 heteroatoms. The molecule has 1 saturated heterocycles. The zero-order valence-corrected chi connectivity index (χ0v) is 8.73. The Labute approximate surface area is 82.1 Å². The van der Waals surface area contributed by atoms with Crippen LogP contribution in [-0.2, 0) is 4.74 Å². The number of nitrogens with zero attached hydrogens (tertiary/aromatic N) is 1. The molecule has 2 atom stereocenters. The minimum atomic E-state index is 0.309. The van der Waals surface area contributed by atoms with Crippen LogP contribution < -0.4 is 5.32 Å². The number of aromatic nitrogens is 1. The van der Waals surface area contributed by atoms with Crippen LogP contribution in [0, 0.1) is 6.92 Å². The van der Waals surface area contributed by atoms with Crippen molar-refractivity contribution < 1.29 is 4.74 Å².